The second-order valence-corrected chi connectivity index (χ2v) is 13.2. The normalized spacial score (nSPS) is 12.8. The standard InChI is InChI=1S/C38H72O4/c1-3-5-7-8-19-24-31-36(32-26-21-16-12-10-14-18-23-28-34-38(41)42)35(29-6-4-2)30-25-20-15-11-9-13-17-22-27-33-37(39)40/h4,35-36H,2-3,5-34H2,1H3,(H,39,40)(H,41,42). The second kappa shape index (κ2) is 32.6. The topological polar surface area (TPSA) is 74.6 Å². The number of allylic oxidation sites excluding steroid dienone is 1. The maximum Gasteiger partial charge on any atom is 0.303 e. The Balaban J connectivity index is 4.36. The lowest BCUT2D eigenvalue weighted by Crippen LogP contribution is -2.16. The van der Waals surface area contributed by atoms with Gasteiger partial charge in [-0.3, -0.25) is 9.59 Å². The summed E-state index contributed by atoms with van der Waals surface area (Å²) in [4.78, 5) is 21.2. The predicted octanol–water partition coefficient (Wildman–Crippen LogP) is 12.7. The van der Waals surface area contributed by atoms with E-state index in [0.29, 0.717) is 12.8 Å². The highest BCUT2D eigenvalue weighted by Gasteiger charge is 2.20. The quantitative estimate of drug-likeness (QED) is 0.0567. The van der Waals surface area contributed by atoms with Crippen molar-refractivity contribution in [2.75, 3.05) is 0 Å². The van der Waals surface area contributed by atoms with E-state index in [9.17, 15) is 9.59 Å². The molecule has 0 aliphatic heterocycles. The summed E-state index contributed by atoms with van der Waals surface area (Å²) in [7, 11) is 0. The minimum atomic E-state index is -0.662. The summed E-state index contributed by atoms with van der Waals surface area (Å²) in [6, 6.07) is 0. The van der Waals surface area contributed by atoms with Crippen LogP contribution in [0.25, 0.3) is 0 Å². The first-order chi connectivity index (χ1) is 20.5. The molecule has 0 saturated heterocycles. The van der Waals surface area contributed by atoms with Crippen molar-refractivity contribution >= 4 is 11.9 Å². The summed E-state index contributed by atoms with van der Waals surface area (Å²) in [6.07, 6.45) is 40.0. The van der Waals surface area contributed by atoms with Gasteiger partial charge in [-0.2, -0.15) is 0 Å². The minimum absolute atomic E-state index is 0.325. The Morgan fingerprint density at radius 3 is 1.07 bits per heavy atom. The van der Waals surface area contributed by atoms with Crippen LogP contribution >= 0.6 is 0 Å². The fourth-order valence-electron chi connectivity index (χ4n) is 6.59. The third kappa shape index (κ3) is 30.1. The van der Waals surface area contributed by atoms with Crippen LogP contribution in [0.1, 0.15) is 206 Å². The SMILES string of the molecule is C=CCCC(CCCCCCCCCCCC(=O)O)C(CCCCCCCC)CCCCCCCCCCCC(=O)O. The largest absolute Gasteiger partial charge is 0.481 e. The molecular formula is C38H72O4. The number of carboxylic acid groups (broad SMARTS) is 2. The summed E-state index contributed by atoms with van der Waals surface area (Å²) < 4.78 is 0. The number of carbonyl (C=O) groups is 2. The molecule has 248 valence electrons. The molecule has 0 amide bonds. The fourth-order valence-corrected chi connectivity index (χ4v) is 6.59. The summed E-state index contributed by atoms with van der Waals surface area (Å²) >= 11 is 0. The zero-order valence-electron chi connectivity index (χ0n) is 28.1. The first kappa shape index (κ1) is 40.7. The summed E-state index contributed by atoms with van der Waals surface area (Å²) in [6.45, 7) is 6.34. The molecule has 0 aliphatic rings. The van der Waals surface area contributed by atoms with Crippen LogP contribution in [0.4, 0.5) is 0 Å². The molecule has 0 aromatic carbocycles. The van der Waals surface area contributed by atoms with Gasteiger partial charge in [0.25, 0.3) is 0 Å². The molecule has 0 saturated carbocycles. The van der Waals surface area contributed by atoms with E-state index in [4.69, 9.17) is 10.2 Å². The molecule has 42 heavy (non-hydrogen) atoms. The Morgan fingerprint density at radius 2 is 0.762 bits per heavy atom. The molecule has 0 bridgehead atoms. The van der Waals surface area contributed by atoms with Crippen molar-refractivity contribution < 1.29 is 19.8 Å². The van der Waals surface area contributed by atoms with Gasteiger partial charge >= 0.3 is 11.9 Å². The molecule has 0 aliphatic carbocycles. The van der Waals surface area contributed by atoms with Gasteiger partial charge in [0, 0.05) is 12.8 Å². The molecular weight excluding hydrogens is 520 g/mol. The molecule has 0 radical (unpaired) electrons. The van der Waals surface area contributed by atoms with E-state index in [1.54, 1.807) is 0 Å². The smallest absolute Gasteiger partial charge is 0.303 e. The van der Waals surface area contributed by atoms with E-state index in [-0.39, 0.29) is 0 Å². The monoisotopic (exact) mass is 593 g/mol. The molecule has 2 N–H and O–H groups in total. The molecule has 0 fully saturated rings. The van der Waals surface area contributed by atoms with Crippen LogP contribution in [0.15, 0.2) is 12.7 Å². The van der Waals surface area contributed by atoms with Crippen LogP contribution < -0.4 is 0 Å². The van der Waals surface area contributed by atoms with E-state index in [1.165, 1.54) is 154 Å². The van der Waals surface area contributed by atoms with Crippen molar-refractivity contribution in [1.82, 2.24) is 0 Å². The van der Waals surface area contributed by atoms with Crippen LogP contribution in [0.2, 0.25) is 0 Å². The van der Waals surface area contributed by atoms with Crippen LogP contribution in [0.5, 0.6) is 0 Å². The van der Waals surface area contributed by atoms with Crippen LogP contribution in [-0.2, 0) is 9.59 Å². The summed E-state index contributed by atoms with van der Waals surface area (Å²) in [5.74, 6) is 0.423. The van der Waals surface area contributed by atoms with E-state index in [0.717, 1.165) is 43.9 Å². The van der Waals surface area contributed by atoms with Gasteiger partial charge in [-0.05, 0) is 37.5 Å². The molecule has 0 heterocycles. The van der Waals surface area contributed by atoms with Gasteiger partial charge < -0.3 is 10.2 Å². The van der Waals surface area contributed by atoms with Crippen molar-refractivity contribution in [2.45, 2.75) is 206 Å². The van der Waals surface area contributed by atoms with Gasteiger partial charge in [0.15, 0.2) is 0 Å². The van der Waals surface area contributed by atoms with Gasteiger partial charge in [0.2, 0.25) is 0 Å². The van der Waals surface area contributed by atoms with Crippen molar-refractivity contribution in [3.63, 3.8) is 0 Å². The van der Waals surface area contributed by atoms with Crippen LogP contribution in [0, 0.1) is 11.8 Å². The third-order valence-corrected chi connectivity index (χ3v) is 9.27. The third-order valence-electron chi connectivity index (χ3n) is 9.27. The number of unbranched alkanes of at least 4 members (excludes halogenated alkanes) is 21. The molecule has 0 aromatic heterocycles. The number of aliphatic carboxylic acids is 2. The number of hydrogen-bond donors (Lipinski definition) is 2. The van der Waals surface area contributed by atoms with Crippen molar-refractivity contribution in [1.29, 1.82) is 0 Å². The summed E-state index contributed by atoms with van der Waals surface area (Å²) in [5, 5.41) is 17.5. The van der Waals surface area contributed by atoms with Crippen molar-refractivity contribution in [3.05, 3.63) is 12.7 Å². The molecule has 2 atom stereocenters. The van der Waals surface area contributed by atoms with Gasteiger partial charge in [-0.25, -0.2) is 0 Å². The zero-order chi connectivity index (χ0) is 30.9. The molecule has 2 unspecified atom stereocenters. The van der Waals surface area contributed by atoms with Crippen LogP contribution in [0.3, 0.4) is 0 Å². The molecule has 0 rings (SSSR count). The molecule has 0 aromatic rings. The fraction of sp³-hybridized carbons (Fsp3) is 0.895. The number of carboxylic acids is 2. The highest BCUT2D eigenvalue weighted by molar-refractivity contribution is 5.66. The van der Waals surface area contributed by atoms with E-state index >= 15 is 0 Å². The molecule has 4 nitrogen and oxygen atoms in total. The Hall–Kier alpha value is -1.32. The first-order valence-electron chi connectivity index (χ1n) is 18.6. The van der Waals surface area contributed by atoms with Gasteiger partial charge in [-0.1, -0.05) is 174 Å². The molecule has 4 heteroatoms. The van der Waals surface area contributed by atoms with Crippen molar-refractivity contribution in [3.8, 4) is 0 Å². The lowest BCUT2D eigenvalue weighted by molar-refractivity contribution is -0.138. The lowest BCUT2D eigenvalue weighted by Gasteiger charge is -2.28. The summed E-state index contributed by atoms with van der Waals surface area (Å²) in [5.41, 5.74) is 0. The predicted molar refractivity (Wildman–Crippen MR) is 181 cm³/mol. The minimum Gasteiger partial charge on any atom is -0.481 e. The Labute approximate surface area is 261 Å². The highest BCUT2D eigenvalue weighted by Crippen LogP contribution is 2.33. The lowest BCUT2D eigenvalue weighted by atomic mass is 9.78. The highest BCUT2D eigenvalue weighted by atomic mass is 16.4. The van der Waals surface area contributed by atoms with Crippen LogP contribution in [-0.4, -0.2) is 22.2 Å². The average Bonchev–Trinajstić information content (AvgIpc) is 2.96. The van der Waals surface area contributed by atoms with E-state index < -0.39 is 11.9 Å². The Morgan fingerprint density at radius 1 is 0.476 bits per heavy atom. The van der Waals surface area contributed by atoms with E-state index in [2.05, 4.69) is 19.6 Å². The zero-order valence-corrected chi connectivity index (χ0v) is 28.1. The maximum absolute atomic E-state index is 10.6. The Bertz CT molecular complexity index is 602. The van der Waals surface area contributed by atoms with Crippen molar-refractivity contribution in [2.24, 2.45) is 11.8 Å². The van der Waals surface area contributed by atoms with Gasteiger partial charge in [0.1, 0.15) is 0 Å². The maximum atomic E-state index is 10.6. The Kier molecular flexibility index (Phi) is 31.6. The number of rotatable bonds is 35. The molecule has 0 spiro atoms. The first-order valence-corrected chi connectivity index (χ1v) is 18.6. The van der Waals surface area contributed by atoms with Gasteiger partial charge in [0.05, 0.1) is 0 Å². The average molecular weight is 593 g/mol. The van der Waals surface area contributed by atoms with Gasteiger partial charge in [-0.15, -0.1) is 6.58 Å². The second-order valence-electron chi connectivity index (χ2n) is 13.2. The number of hydrogen-bond acceptors (Lipinski definition) is 2. The van der Waals surface area contributed by atoms with E-state index in [1.807, 2.05) is 0 Å².